The molecule has 0 saturated heterocycles. The third kappa shape index (κ3) is 3.97. The van der Waals surface area contributed by atoms with Gasteiger partial charge in [-0.2, -0.15) is 0 Å². The van der Waals surface area contributed by atoms with E-state index in [1.165, 1.54) is 18.1 Å². The summed E-state index contributed by atoms with van der Waals surface area (Å²) in [5, 5.41) is 4.25. The minimum atomic E-state index is -0.376. The fourth-order valence-electron chi connectivity index (χ4n) is 3.25. The fourth-order valence-corrected chi connectivity index (χ4v) is 5.21. The Balaban J connectivity index is 1.36. The zero-order chi connectivity index (χ0) is 21.4. The van der Waals surface area contributed by atoms with E-state index in [-0.39, 0.29) is 16.8 Å². The monoisotopic (exact) mass is 447 g/mol. The summed E-state index contributed by atoms with van der Waals surface area (Å²) in [4.78, 5) is 40.4. The van der Waals surface area contributed by atoms with Crippen LogP contribution in [0.5, 0.6) is 0 Å². The topological polar surface area (TPSA) is 104 Å². The number of aromatic nitrogens is 4. The lowest BCUT2D eigenvalue weighted by Crippen LogP contribution is -2.22. The number of aromatic amines is 2. The number of thiophene rings is 1. The van der Waals surface area contributed by atoms with Crippen molar-refractivity contribution in [1.29, 1.82) is 0 Å². The summed E-state index contributed by atoms with van der Waals surface area (Å²) in [6.45, 7) is 1.84. The van der Waals surface area contributed by atoms with E-state index in [1.807, 2.05) is 25.1 Å². The molecule has 0 bridgehead atoms. The van der Waals surface area contributed by atoms with E-state index in [1.54, 1.807) is 29.5 Å². The molecular weight excluding hydrogens is 430 g/mol. The van der Waals surface area contributed by atoms with Crippen LogP contribution in [-0.2, 0) is 4.79 Å². The van der Waals surface area contributed by atoms with Gasteiger partial charge in [0.2, 0.25) is 5.91 Å². The van der Waals surface area contributed by atoms with E-state index in [4.69, 9.17) is 0 Å². The molecule has 0 aliphatic rings. The van der Waals surface area contributed by atoms with Gasteiger partial charge >= 0.3 is 5.69 Å². The Labute approximate surface area is 185 Å². The van der Waals surface area contributed by atoms with Crippen LogP contribution in [0.1, 0.15) is 6.92 Å². The third-order valence-electron chi connectivity index (χ3n) is 4.79. The standard InChI is InChI=1S/C22H17N5O2S2/c1-12(19(28)25-14-7-8-16-17(9-14)27-22(29)26-16)30-20-15-10-18(13-5-3-2-4-6-13)31-21(15)24-11-23-20/h2-12H,1H3,(H,25,28)(H2,26,27,29). The second kappa shape index (κ2) is 8.01. The first-order valence-corrected chi connectivity index (χ1v) is 11.3. The lowest BCUT2D eigenvalue weighted by atomic mass is 10.2. The number of rotatable bonds is 5. The molecule has 3 heterocycles. The number of hydrogen-bond acceptors (Lipinski definition) is 6. The van der Waals surface area contributed by atoms with Gasteiger partial charge in [-0.3, -0.25) is 4.79 Å². The van der Waals surface area contributed by atoms with Gasteiger partial charge in [-0.25, -0.2) is 14.8 Å². The number of fused-ring (bicyclic) bond motifs is 2. The summed E-state index contributed by atoms with van der Waals surface area (Å²) in [5.74, 6) is -0.146. The molecule has 0 saturated carbocycles. The highest BCUT2D eigenvalue weighted by Gasteiger charge is 2.19. The van der Waals surface area contributed by atoms with E-state index in [0.29, 0.717) is 16.7 Å². The molecular formula is C22H17N5O2S2. The molecule has 5 rings (SSSR count). The van der Waals surface area contributed by atoms with Crippen LogP contribution in [0.4, 0.5) is 5.69 Å². The average molecular weight is 448 g/mol. The van der Waals surface area contributed by atoms with Gasteiger partial charge in [0.05, 0.1) is 16.3 Å². The molecule has 1 amide bonds. The lowest BCUT2D eigenvalue weighted by Gasteiger charge is -2.12. The summed E-state index contributed by atoms with van der Waals surface area (Å²) in [7, 11) is 0. The third-order valence-corrected chi connectivity index (χ3v) is 7.00. The van der Waals surface area contributed by atoms with Gasteiger partial charge in [-0.05, 0) is 36.8 Å². The summed E-state index contributed by atoms with van der Waals surface area (Å²) in [6.07, 6.45) is 1.54. The van der Waals surface area contributed by atoms with Crippen LogP contribution in [0.3, 0.4) is 0 Å². The lowest BCUT2D eigenvalue weighted by molar-refractivity contribution is -0.115. The van der Waals surface area contributed by atoms with E-state index < -0.39 is 0 Å². The van der Waals surface area contributed by atoms with Crippen molar-refractivity contribution in [3.63, 3.8) is 0 Å². The van der Waals surface area contributed by atoms with Crippen LogP contribution in [-0.4, -0.2) is 31.1 Å². The predicted octanol–water partition coefficient (Wildman–Crippen LogP) is 4.65. The quantitative estimate of drug-likeness (QED) is 0.269. The first kappa shape index (κ1) is 19.5. The first-order valence-electron chi connectivity index (χ1n) is 9.56. The number of benzene rings is 2. The van der Waals surface area contributed by atoms with Crippen LogP contribution in [0.15, 0.2) is 70.7 Å². The molecule has 3 N–H and O–H groups in total. The minimum absolute atomic E-state index is 0.146. The molecule has 154 valence electrons. The van der Waals surface area contributed by atoms with Crippen molar-refractivity contribution in [3.05, 3.63) is 71.4 Å². The second-order valence-electron chi connectivity index (χ2n) is 6.96. The van der Waals surface area contributed by atoms with Crippen LogP contribution in [0, 0.1) is 0 Å². The number of hydrogen-bond donors (Lipinski definition) is 3. The maximum atomic E-state index is 12.8. The number of nitrogens with one attached hydrogen (secondary N) is 3. The molecule has 0 spiro atoms. The van der Waals surface area contributed by atoms with E-state index >= 15 is 0 Å². The van der Waals surface area contributed by atoms with Gasteiger partial charge in [0.1, 0.15) is 16.2 Å². The summed E-state index contributed by atoms with van der Waals surface area (Å²) in [5.41, 5.74) is 2.81. The maximum Gasteiger partial charge on any atom is 0.323 e. The molecule has 0 aliphatic heterocycles. The van der Waals surface area contributed by atoms with E-state index in [2.05, 4.69) is 43.5 Å². The van der Waals surface area contributed by atoms with E-state index in [0.717, 1.165) is 25.7 Å². The van der Waals surface area contributed by atoms with Crippen molar-refractivity contribution in [3.8, 4) is 10.4 Å². The number of carbonyl (C=O) groups is 1. The Morgan fingerprint density at radius 1 is 1.06 bits per heavy atom. The number of thioether (sulfide) groups is 1. The van der Waals surface area contributed by atoms with Gasteiger partial charge in [0.15, 0.2) is 0 Å². The highest BCUT2D eigenvalue weighted by atomic mass is 32.2. The van der Waals surface area contributed by atoms with Gasteiger partial charge in [0.25, 0.3) is 0 Å². The second-order valence-corrected chi connectivity index (χ2v) is 9.32. The van der Waals surface area contributed by atoms with Gasteiger partial charge in [0, 0.05) is 16.0 Å². The van der Waals surface area contributed by atoms with Crippen molar-refractivity contribution in [2.75, 3.05) is 5.32 Å². The Bertz CT molecular complexity index is 1460. The smallest absolute Gasteiger partial charge is 0.323 e. The Kier molecular flexibility index (Phi) is 5.05. The number of H-pyrrole nitrogens is 2. The van der Waals surface area contributed by atoms with Crippen LogP contribution >= 0.6 is 23.1 Å². The minimum Gasteiger partial charge on any atom is -0.325 e. The van der Waals surface area contributed by atoms with Gasteiger partial charge in [-0.15, -0.1) is 11.3 Å². The number of anilines is 1. The number of carbonyl (C=O) groups excluding carboxylic acids is 1. The summed E-state index contributed by atoms with van der Waals surface area (Å²) in [6, 6.07) is 17.5. The van der Waals surface area contributed by atoms with E-state index in [9.17, 15) is 9.59 Å². The highest BCUT2D eigenvalue weighted by molar-refractivity contribution is 8.00. The molecule has 5 aromatic rings. The molecule has 0 fully saturated rings. The molecule has 1 atom stereocenters. The molecule has 1 unspecified atom stereocenters. The Morgan fingerprint density at radius 3 is 2.71 bits per heavy atom. The highest BCUT2D eigenvalue weighted by Crippen LogP contribution is 2.37. The van der Waals surface area contributed by atoms with Crippen molar-refractivity contribution < 1.29 is 4.79 Å². The van der Waals surface area contributed by atoms with Crippen LogP contribution in [0.2, 0.25) is 0 Å². The molecule has 0 radical (unpaired) electrons. The number of amides is 1. The molecule has 0 aliphatic carbocycles. The molecule has 9 heteroatoms. The number of imidazole rings is 1. The zero-order valence-corrected chi connectivity index (χ0v) is 18.0. The molecule has 7 nitrogen and oxygen atoms in total. The maximum absolute atomic E-state index is 12.8. The van der Waals surface area contributed by atoms with Crippen molar-refractivity contribution >= 4 is 55.9 Å². The summed E-state index contributed by atoms with van der Waals surface area (Å²) >= 11 is 3.00. The molecule has 31 heavy (non-hydrogen) atoms. The zero-order valence-electron chi connectivity index (χ0n) is 16.4. The van der Waals surface area contributed by atoms with Gasteiger partial charge in [-0.1, -0.05) is 42.1 Å². The van der Waals surface area contributed by atoms with Gasteiger partial charge < -0.3 is 15.3 Å². The van der Waals surface area contributed by atoms with Crippen LogP contribution < -0.4 is 11.0 Å². The average Bonchev–Trinajstić information content (AvgIpc) is 3.37. The summed E-state index contributed by atoms with van der Waals surface area (Å²) < 4.78 is 0. The Hall–Kier alpha value is -3.43. The normalized spacial score (nSPS) is 12.3. The predicted molar refractivity (Wildman–Crippen MR) is 126 cm³/mol. The number of nitrogens with zero attached hydrogens (tertiary/aromatic N) is 2. The van der Waals surface area contributed by atoms with Crippen molar-refractivity contribution in [2.45, 2.75) is 17.2 Å². The largest absolute Gasteiger partial charge is 0.325 e. The Morgan fingerprint density at radius 2 is 1.87 bits per heavy atom. The molecule has 3 aromatic heterocycles. The fraction of sp³-hybridized carbons (Fsp3) is 0.0909. The van der Waals surface area contributed by atoms with Crippen LogP contribution in [0.25, 0.3) is 31.7 Å². The first-order chi connectivity index (χ1) is 15.1. The SMILES string of the molecule is CC(Sc1ncnc2sc(-c3ccccc3)cc12)C(=O)Nc1ccc2[nH]c(=O)[nH]c2c1. The molecule has 2 aromatic carbocycles. The van der Waals surface area contributed by atoms with Crippen molar-refractivity contribution in [1.82, 2.24) is 19.9 Å². The van der Waals surface area contributed by atoms with Crippen molar-refractivity contribution in [2.24, 2.45) is 0 Å².